The smallest absolute Gasteiger partial charge is 0.0565 e. The lowest BCUT2D eigenvalue weighted by atomic mass is 9.93. The topological polar surface area (TPSA) is 24.5 Å². The van der Waals surface area contributed by atoms with Crippen LogP contribution in [-0.2, 0) is 4.74 Å². The molecule has 0 radical (unpaired) electrons. The van der Waals surface area contributed by atoms with E-state index < -0.39 is 0 Å². The highest BCUT2D eigenvalue weighted by Crippen LogP contribution is 2.26. The summed E-state index contributed by atoms with van der Waals surface area (Å²) < 4.78 is 5.90. The number of nitrogens with one attached hydrogen (secondary N) is 1. The lowest BCUT2D eigenvalue weighted by Crippen LogP contribution is -2.50. The zero-order valence-corrected chi connectivity index (χ0v) is 13.2. The maximum atomic E-state index is 5.90. The third-order valence-electron chi connectivity index (χ3n) is 4.67. The maximum absolute atomic E-state index is 5.90. The van der Waals surface area contributed by atoms with Crippen LogP contribution in [0.1, 0.15) is 53.4 Å². The molecule has 0 saturated carbocycles. The average molecular weight is 268 g/mol. The molecule has 3 heteroatoms. The highest BCUT2D eigenvalue weighted by molar-refractivity contribution is 4.85. The number of hydrogen-bond acceptors (Lipinski definition) is 3. The Balaban J connectivity index is 1.94. The maximum Gasteiger partial charge on any atom is 0.0565 e. The summed E-state index contributed by atoms with van der Waals surface area (Å²) in [5.74, 6) is 0.838. The van der Waals surface area contributed by atoms with Gasteiger partial charge in [-0.1, -0.05) is 0 Å². The lowest BCUT2D eigenvalue weighted by Gasteiger charge is -2.43. The normalized spacial score (nSPS) is 36.9. The van der Waals surface area contributed by atoms with E-state index in [1.54, 1.807) is 0 Å². The van der Waals surface area contributed by atoms with Gasteiger partial charge in [0.1, 0.15) is 0 Å². The fourth-order valence-electron chi connectivity index (χ4n) is 3.80. The third kappa shape index (κ3) is 4.44. The van der Waals surface area contributed by atoms with Crippen LogP contribution in [0.15, 0.2) is 0 Å². The fraction of sp³-hybridized carbons (Fsp3) is 1.00. The van der Waals surface area contributed by atoms with E-state index in [4.69, 9.17) is 4.74 Å². The van der Waals surface area contributed by atoms with Crippen molar-refractivity contribution in [2.45, 2.75) is 77.7 Å². The summed E-state index contributed by atoms with van der Waals surface area (Å²) in [6.45, 7) is 12.8. The van der Waals surface area contributed by atoms with Crippen LogP contribution in [0.5, 0.6) is 0 Å². The second-order valence-electron chi connectivity index (χ2n) is 6.89. The van der Waals surface area contributed by atoms with Gasteiger partial charge in [-0.2, -0.15) is 0 Å². The summed E-state index contributed by atoms with van der Waals surface area (Å²) in [7, 11) is 0. The molecule has 112 valence electrons. The van der Waals surface area contributed by atoms with Gasteiger partial charge in [-0.25, -0.2) is 0 Å². The molecular formula is C16H32N2O. The van der Waals surface area contributed by atoms with Crippen LogP contribution in [-0.4, -0.2) is 48.8 Å². The highest BCUT2D eigenvalue weighted by Gasteiger charge is 2.31. The van der Waals surface area contributed by atoms with Crippen molar-refractivity contribution in [3.05, 3.63) is 0 Å². The van der Waals surface area contributed by atoms with Gasteiger partial charge in [0.05, 0.1) is 12.2 Å². The van der Waals surface area contributed by atoms with Crippen molar-refractivity contribution in [2.75, 3.05) is 19.6 Å². The lowest BCUT2D eigenvalue weighted by molar-refractivity contribution is -0.0729. The molecule has 0 aliphatic carbocycles. The Bertz CT molecular complexity index is 253. The monoisotopic (exact) mass is 268 g/mol. The zero-order valence-electron chi connectivity index (χ0n) is 13.2. The zero-order chi connectivity index (χ0) is 13.8. The van der Waals surface area contributed by atoms with Gasteiger partial charge in [0, 0.05) is 18.6 Å². The van der Waals surface area contributed by atoms with Crippen LogP contribution in [0, 0.1) is 5.92 Å². The van der Waals surface area contributed by atoms with Crippen LogP contribution >= 0.6 is 0 Å². The van der Waals surface area contributed by atoms with Gasteiger partial charge in [-0.3, -0.25) is 4.90 Å². The number of ether oxygens (including phenoxy) is 1. The standard InChI is InChI=1S/C16H32N2O/c1-12(2)18(11-15-6-5-7-17-10-15)16-8-13(3)19-14(4)9-16/h12-17H,5-11H2,1-4H3. The van der Waals surface area contributed by atoms with E-state index in [0.717, 1.165) is 5.92 Å². The first kappa shape index (κ1) is 15.3. The molecule has 2 rings (SSSR count). The van der Waals surface area contributed by atoms with Gasteiger partial charge in [0.2, 0.25) is 0 Å². The molecule has 0 amide bonds. The molecule has 2 aliphatic heterocycles. The summed E-state index contributed by atoms with van der Waals surface area (Å²) in [6.07, 6.45) is 5.96. The van der Waals surface area contributed by atoms with E-state index in [1.807, 2.05) is 0 Å². The summed E-state index contributed by atoms with van der Waals surface area (Å²) in [5, 5.41) is 3.55. The molecule has 2 fully saturated rings. The molecule has 0 spiro atoms. The molecule has 3 nitrogen and oxygen atoms in total. The second kappa shape index (κ2) is 7.05. The van der Waals surface area contributed by atoms with Crippen molar-refractivity contribution < 1.29 is 4.74 Å². The van der Waals surface area contributed by atoms with Crippen molar-refractivity contribution in [2.24, 2.45) is 5.92 Å². The Morgan fingerprint density at radius 3 is 2.42 bits per heavy atom. The predicted molar refractivity (Wildman–Crippen MR) is 80.5 cm³/mol. The summed E-state index contributed by atoms with van der Waals surface area (Å²) in [4.78, 5) is 2.74. The first-order valence-electron chi connectivity index (χ1n) is 8.18. The largest absolute Gasteiger partial charge is 0.375 e. The Hall–Kier alpha value is -0.120. The second-order valence-corrected chi connectivity index (χ2v) is 6.89. The van der Waals surface area contributed by atoms with Gasteiger partial charge < -0.3 is 10.1 Å². The minimum Gasteiger partial charge on any atom is -0.375 e. The summed E-state index contributed by atoms with van der Waals surface area (Å²) in [6, 6.07) is 1.35. The van der Waals surface area contributed by atoms with E-state index in [1.165, 1.54) is 45.3 Å². The van der Waals surface area contributed by atoms with Crippen molar-refractivity contribution in [3.63, 3.8) is 0 Å². The molecule has 1 N–H and O–H groups in total. The number of hydrogen-bond donors (Lipinski definition) is 1. The van der Waals surface area contributed by atoms with Crippen molar-refractivity contribution in [1.29, 1.82) is 0 Å². The van der Waals surface area contributed by atoms with Crippen LogP contribution < -0.4 is 5.32 Å². The number of nitrogens with zero attached hydrogens (tertiary/aromatic N) is 1. The predicted octanol–water partition coefficient (Wildman–Crippen LogP) is 2.65. The molecule has 0 aromatic rings. The molecule has 3 unspecified atom stereocenters. The molecular weight excluding hydrogens is 236 g/mol. The van der Waals surface area contributed by atoms with Crippen LogP contribution in [0.2, 0.25) is 0 Å². The number of piperidine rings is 1. The quantitative estimate of drug-likeness (QED) is 0.848. The minimum absolute atomic E-state index is 0.416. The van der Waals surface area contributed by atoms with Crippen LogP contribution in [0.4, 0.5) is 0 Å². The van der Waals surface area contributed by atoms with Gasteiger partial charge in [-0.15, -0.1) is 0 Å². The van der Waals surface area contributed by atoms with Crippen molar-refractivity contribution in [3.8, 4) is 0 Å². The SMILES string of the molecule is CC1CC(N(CC2CCCNC2)C(C)C)CC(C)O1. The molecule has 0 aromatic carbocycles. The molecule has 0 bridgehead atoms. The van der Waals surface area contributed by atoms with E-state index in [9.17, 15) is 0 Å². The number of rotatable bonds is 4. The van der Waals surface area contributed by atoms with Crippen LogP contribution in [0.25, 0.3) is 0 Å². The Labute approximate surface area is 119 Å². The molecule has 2 saturated heterocycles. The summed E-state index contributed by atoms with van der Waals surface area (Å²) >= 11 is 0. The molecule has 2 heterocycles. The Morgan fingerprint density at radius 2 is 1.89 bits per heavy atom. The van der Waals surface area contributed by atoms with E-state index in [0.29, 0.717) is 24.3 Å². The molecule has 3 atom stereocenters. The third-order valence-corrected chi connectivity index (χ3v) is 4.67. The van der Waals surface area contributed by atoms with Gasteiger partial charge in [-0.05, 0) is 72.4 Å². The molecule has 0 aromatic heterocycles. The Morgan fingerprint density at radius 1 is 1.21 bits per heavy atom. The average Bonchev–Trinajstić information content (AvgIpc) is 2.35. The van der Waals surface area contributed by atoms with Crippen molar-refractivity contribution in [1.82, 2.24) is 10.2 Å². The van der Waals surface area contributed by atoms with Crippen LogP contribution in [0.3, 0.4) is 0 Å². The van der Waals surface area contributed by atoms with E-state index in [-0.39, 0.29) is 0 Å². The van der Waals surface area contributed by atoms with E-state index in [2.05, 4.69) is 37.9 Å². The summed E-state index contributed by atoms with van der Waals surface area (Å²) in [5.41, 5.74) is 0. The van der Waals surface area contributed by atoms with Gasteiger partial charge in [0.15, 0.2) is 0 Å². The molecule has 19 heavy (non-hydrogen) atoms. The van der Waals surface area contributed by atoms with Crippen molar-refractivity contribution >= 4 is 0 Å². The highest BCUT2D eigenvalue weighted by atomic mass is 16.5. The minimum atomic E-state index is 0.416. The van der Waals surface area contributed by atoms with E-state index >= 15 is 0 Å². The fourth-order valence-corrected chi connectivity index (χ4v) is 3.80. The first-order valence-corrected chi connectivity index (χ1v) is 8.18. The van der Waals surface area contributed by atoms with Gasteiger partial charge in [0.25, 0.3) is 0 Å². The van der Waals surface area contributed by atoms with Gasteiger partial charge >= 0.3 is 0 Å². The molecule has 2 aliphatic rings. The Kier molecular flexibility index (Phi) is 5.67. The first-order chi connectivity index (χ1) is 9.06.